The summed E-state index contributed by atoms with van der Waals surface area (Å²) in [7, 11) is 0. The standard InChI is InChI=1S/C12H24NO2/c1-3-14-12(15-4-2)8-11-13-9-6-5-7-10-13/h5,12H,3-4,6-11H2,1-2H3. The predicted molar refractivity (Wildman–Crippen MR) is 61.6 cm³/mol. The highest BCUT2D eigenvalue weighted by Gasteiger charge is 2.13. The first-order valence-electron chi connectivity index (χ1n) is 6.14. The lowest BCUT2D eigenvalue weighted by molar-refractivity contribution is -0.141. The lowest BCUT2D eigenvalue weighted by Crippen LogP contribution is -2.33. The summed E-state index contributed by atoms with van der Waals surface area (Å²) in [5.41, 5.74) is 0. The molecule has 1 fully saturated rings. The molecule has 1 rings (SSSR count). The van der Waals surface area contributed by atoms with Gasteiger partial charge in [-0.25, -0.2) is 0 Å². The molecule has 0 unspecified atom stereocenters. The van der Waals surface area contributed by atoms with Gasteiger partial charge < -0.3 is 14.4 Å². The number of ether oxygens (including phenoxy) is 2. The first kappa shape index (κ1) is 12.9. The van der Waals surface area contributed by atoms with Crippen molar-refractivity contribution >= 4 is 0 Å². The van der Waals surface area contributed by atoms with Crippen molar-refractivity contribution in [1.29, 1.82) is 0 Å². The molecule has 1 aliphatic heterocycles. The van der Waals surface area contributed by atoms with E-state index in [0.717, 1.165) is 26.2 Å². The zero-order chi connectivity index (χ0) is 10.9. The van der Waals surface area contributed by atoms with Gasteiger partial charge in [-0.1, -0.05) is 0 Å². The van der Waals surface area contributed by atoms with Gasteiger partial charge in [0.05, 0.1) is 0 Å². The van der Waals surface area contributed by atoms with Crippen LogP contribution in [0, 0.1) is 6.42 Å². The molecule has 0 amide bonds. The SMILES string of the molecule is CCOC(CCN1CC[CH]CC1)OCC. The van der Waals surface area contributed by atoms with E-state index in [0.29, 0.717) is 0 Å². The highest BCUT2D eigenvalue weighted by Crippen LogP contribution is 2.10. The molecule has 15 heavy (non-hydrogen) atoms. The van der Waals surface area contributed by atoms with Gasteiger partial charge in [0.2, 0.25) is 0 Å². The maximum absolute atomic E-state index is 5.52. The molecule has 1 aliphatic rings. The van der Waals surface area contributed by atoms with E-state index in [-0.39, 0.29) is 6.29 Å². The monoisotopic (exact) mass is 214 g/mol. The van der Waals surface area contributed by atoms with Crippen LogP contribution in [-0.2, 0) is 9.47 Å². The predicted octanol–water partition coefficient (Wildman–Crippen LogP) is 2.08. The Morgan fingerprint density at radius 3 is 2.27 bits per heavy atom. The average Bonchev–Trinajstić information content (AvgIpc) is 2.28. The van der Waals surface area contributed by atoms with Gasteiger partial charge in [0.15, 0.2) is 6.29 Å². The van der Waals surface area contributed by atoms with Crippen molar-refractivity contribution in [1.82, 2.24) is 4.90 Å². The van der Waals surface area contributed by atoms with Crippen LogP contribution in [0.4, 0.5) is 0 Å². The summed E-state index contributed by atoms with van der Waals surface area (Å²) in [6, 6.07) is 0. The molecule has 1 saturated heterocycles. The number of nitrogens with zero attached hydrogens (tertiary/aromatic N) is 1. The Labute approximate surface area is 93.7 Å². The largest absolute Gasteiger partial charge is 0.353 e. The van der Waals surface area contributed by atoms with Crippen LogP contribution >= 0.6 is 0 Å². The minimum Gasteiger partial charge on any atom is -0.353 e. The van der Waals surface area contributed by atoms with Crippen LogP contribution in [0.2, 0.25) is 0 Å². The molecule has 0 atom stereocenters. The smallest absolute Gasteiger partial charge is 0.158 e. The minimum absolute atomic E-state index is 0.00842. The molecule has 1 radical (unpaired) electrons. The van der Waals surface area contributed by atoms with Gasteiger partial charge in [-0.3, -0.25) is 0 Å². The Bertz CT molecular complexity index is 141. The fourth-order valence-corrected chi connectivity index (χ4v) is 1.90. The van der Waals surface area contributed by atoms with Gasteiger partial charge in [-0.05, 0) is 46.2 Å². The summed E-state index contributed by atoms with van der Waals surface area (Å²) in [4.78, 5) is 2.49. The summed E-state index contributed by atoms with van der Waals surface area (Å²) >= 11 is 0. The Balaban J connectivity index is 2.13. The topological polar surface area (TPSA) is 21.7 Å². The third-order valence-corrected chi connectivity index (χ3v) is 2.69. The lowest BCUT2D eigenvalue weighted by Gasteiger charge is -2.27. The van der Waals surface area contributed by atoms with Crippen LogP contribution in [0.5, 0.6) is 0 Å². The summed E-state index contributed by atoms with van der Waals surface area (Å²) in [5.74, 6) is 0. The maximum atomic E-state index is 5.52. The molecule has 3 nitrogen and oxygen atoms in total. The molecular weight excluding hydrogens is 190 g/mol. The van der Waals surface area contributed by atoms with Crippen molar-refractivity contribution in [3.63, 3.8) is 0 Å². The minimum atomic E-state index is -0.00842. The number of hydrogen-bond acceptors (Lipinski definition) is 3. The van der Waals surface area contributed by atoms with E-state index < -0.39 is 0 Å². The summed E-state index contributed by atoms with van der Waals surface area (Å²) < 4.78 is 11.0. The van der Waals surface area contributed by atoms with E-state index >= 15 is 0 Å². The molecule has 89 valence electrons. The highest BCUT2D eigenvalue weighted by molar-refractivity contribution is 4.76. The first-order chi connectivity index (χ1) is 7.36. The number of piperidine rings is 1. The maximum Gasteiger partial charge on any atom is 0.158 e. The molecule has 0 bridgehead atoms. The van der Waals surface area contributed by atoms with E-state index in [2.05, 4.69) is 11.3 Å². The zero-order valence-corrected chi connectivity index (χ0v) is 10.1. The number of likely N-dealkylation sites (tertiary alicyclic amines) is 1. The number of rotatable bonds is 7. The van der Waals surface area contributed by atoms with Crippen LogP contribution in [0.15, 0.2) is 0 Å². The fraction of sp³-hybridized carbons (Fsp3) is 0.917. The van der Waals surface area contributed by atoms with Crippen LogP contribution in [0.3, 0.4) is 0 Å². The lowest BCUT2D eigenvalue weighted by atomic mass is 10.1. The van der Waals surface area contributed by atoms with Crippen LogP contribution in [-0.4, -0.2) is 44.0 Å². The number of hydrogen-bond donors (Lipinski definition) is 0. The molecule has 0 N–H and O–H groups in total. The molecule has 0 aromatic carbocycles. The quantitative estimate of drug-likeness (QED) is 0.606. The third kappa shape index (κ3) is 5.50. The van der Waals surface area contributed by atoms with E-state index in [1.807, 2.05) is 13.8 Å². The molecule has 1 heterocycles. The average molecular weight is 214 g/mol. The van der Waals surface area contributed by atoms with E-state index in [1.54, 1.807) is 0 Å². The molecule has 0 spiro atoms. The van der Waals surface area contributed by atoms with Crippen LogP contribution in [0.1, 0.15) is 33.1 Å². The molecule has 0 saturated carbocycles. The zero-order valence-electron chi connectivity index (χ0n) is 10.1. The van der Waals surface area contributed by atoms with Crippen molar-refractivity contribution in [2.45, 2.75) is 39.4 Å². The van der Waals surface area contributed by atoms with Gasteiger partial charge in [-0.2, -0.15) is 0 Å². The van der Waals surface area contributed by atoms with Gasteiger partial charge in [0.25, 0.3) is 0 Å². The molecule has 3 heteroatoms. The van der Waals surface area contributed by atoms with Gasteiger partial charge in [0.1, 0.15) is 0 Å². The Hall–Kier alpha value is -0.120. The van der Waals surface area contributed by atoms with Crippen molar-refractivity contribution < 1.29 is 9.47 Å². The second kappa shape index (κ2) is 8.08. The molecule has 0 aromatic heterocycles. The summed E-state index contributed by atoms with van der Waals surface area (Å²) in [6.45, 7) is 9.00. The van der Waals surface area contributed by atoms with Crippen LogP contribution < -0.4 is 0 Å². The van der Waals surface area contributed by atoms with Crippen molar-refractivity contribution in [2.24, 2.45) is 0 Å². The van der Waals surface area contributed by atoms with Crippen molar-refractivity contribution in [3.05, 3.63) is 6.42 Å². The molecular formula is C12H24NO2. The first-order valence-corrected chi connectivity index (χ1v) is 6.14. The Morgan fingerprint density at radius 1 is 1.13 bits per heavy atom. The van der Waals surface area contributed by atoms with Gasteiger partial charge in [0, 0.05) is 26.2 Å². The fourth-order valence-electron chi connectivity index (χ4n) is 1.90. The van der Waals surface area contributed by atoms with Gasteiger partial charge >= 0.3 is 0 Å². The second-order valence-electron chi connectivity index (χ2n) is 3.84. The summed E-state index contributed by atoms with van der Waals surface area (Å²) in [5, 5.41) is 0. The molecule has 0 aromatic rings. The normalized spacial score (nSPS) is 18.6. The van der Waals surface area contributed by atoms with E-state index in [1.165, 1.54) is 25.9 Å². The summed E-state index contributed by atoms with van der Waals surface area (Å²) in [6.07, 6.45) is 5.81. The third-order valence-electron chi connectivity index (χ3n) is 2.69. The Kier molecular flexibility index (Phi) is 6.98. The van der Waals surface area contributed by atoms with E-state index in [4.69, 9.17) is 9.47 Å². The van der Waals surface area contributed by atoms with Crippen molar-refractivity contribution in [2.75, 3.05) is 32.8 Å². The van der Waals surface area contributed by atoms with Crippen LogP contribution in [0.25, 0.3) is 0 Å². The second-order valence-corrected chi connectivity index (χ2v) is 3.84. The van der Waals surface area contributed by atoms with E-state index in [9.17, 15) is 0 Å². The Morgan fingerprint density at radius 2 is 1.73 bits per heavy atom. The van der Waals surface area contributed by atoms with Crippen molar-refractivity contribution in [3.8, 4) is 0 Å². The van der Waals surface area contributed by atoms with Gasteiger partial charge in [-0.15, -0.1) is 0 Å². The highest BCUT2D eigenvalue weighted by atomic mass is 16.7. The molecule has 0 aliphatic carbocycles.